The van der Waals surface area contributed by atoms with Crippen molar-refractivity contribution in [2.24, 2.45) is 5.41 Å². The van der Waals surface area contributed by atoms with Crippen molar-refractivity contribution in [3.63, 3.8) is 0 Å². The largest absolute Gasteiger partial charge is 0.339 e. The molecule has 0 radical (unpaired) electrons. The second kappa shape index (κ2) is 6.17. The zero-order chi connectivity index (χ0) is 18.6. The van der Waals surface area contributed by atoms with Gasteiger partial charge in [-0.1, -0.05) is 11.6 Å². The number of hydrogen-bond acceptors (Lipinski definition) is 5. The van der Waals surface area contributed by atoms with Gasteiger partial charge in [-0.25, -0.2) is 14.8 Å². The molecule has 140 valence electrons. The Kier molecular flexibility index (Phi) is 3.87. The molecule has 27 heavy (non-hydrogen) atoms. The van der Waals surface area contributed by atoms with E-state index in [1.807, 2.05) is 4.90 Å². The zero-order valence-electron chi connectivity index (χ0n) is 14.5. The summed E-state index contributed by atoms with van der Waals surface area (Å²) in [5.74, 6) is 1.19. The Morgan fingerprint density at radius 1 is 1.15 bits per heavy atom. The first-order chi connectivity index (χ1) is 13.0. The molecular formula is C18H18ClN5O2S. The molecule has 5 rings (SSSR count). The maximum Gasteiger partial charge on any atom is 0.324 e. The van der Waals surface area contributed by atoms with Crippen LogP contribution in [0.2, 0.25) is 5.02 Å². The number of carbonyl (C=O) groups is 1. The minimum atomic E-state index is -1.11. The fourth-order valence-electron chi connectivity index (χ4n) is 4.13. The molecule has 2 amide bonds. The molecule has 1 aromatic heterocycles. The number of rotatable bonds is 1. The number of halogens is 1. The molecule has 0 saturated carbocycles. The first kappa shape index (κ1) is 16.9. The van der Waals surface area contributed by atoms with Crippen LogP contribution in [0.3, 0.4) is 0 Å². The predicted molar refractivity (Wildman–Crippen MR) is 104 cm³/mol. The van der Waals surface area contributed by atoms with E-state index in [0.29, 0.717) is 27.9 Å². The first-order valence-electron chi connectivity index (χ1n) is 8.81. The van der Waals surface area contributed by atoms with E-state index in [2.05, 4.69) is 14.9 Å². The number of benzene rings is 1. The molecule has 3 aliphatic rings. The summed E-state index contributed by atoms with van der Waals surface area (Å²) in [6.45, 7) is 3.68. The lowest BCUT2D eigenvalue weighted by Crippen LogP contribution is -2.74. The van der Waals surface area contributed by atoms with Gasteiger partial charge in [0.05, 0.1) is 21.4 Å². The lowest BCUT2D eigenvalue weighted by molar-refractivity contribution is 0.00926. The lowest BCUT2D eigenvalue weighted by Gasteiger charge is -2.60. The molecule has 3 aliphatic heterocycles. The van der Waals surface area contributed by atoms with Crippen LogP contribution in [0.15, 0.2) is 41.6 Å². The maximum atomic E-state index is 13.0. The van der Waals surface area contributed by atoms with Crippen LogP contribution in [0.5, 0.6) is 0 Å². The summed E-state index contributed by atoms with van der Waals surface area (Å²) in [4.78, 5) is 27.9. The quantitative estimate of drug-likeness (QED) is 0.728. The fraction of sp³-hybridized carbons (Fsp3) is 0.389. The summed E-state index contributed by atoms with van der Waals surface area (Å²) in [5.41, 5.74) is 0.860. The summed E-state index contributed by atoms with van der Waals surface area (Å²) >= 11 is 6.04. The van der Waals surface area contributed by atoms with E-state index < -0.39 is 10.8 Å². The van der Waals surface area contributed by atoms with Gasteiger partial charge in [-0.05, 0) is 24.3 Å². The highest BCUT2D eigenvalue weighted by Gasteiger charge is 2.54. The van der Waals surface area contributed by atoms with Gasteiger partial charge in [0.25, 0.3) is 0 Å². The number of amides is 2. The van der Waals surface area contributed by atoms with Crippen molar-refractivity contribution in [2.75, 3.05) is 48.3 Å². The van der Waals surface area contributed by atoms with Gasteiger partial charge in [0, 0.05) is 61.3 Å². The second-order valence-corrected chi connectivity index (χ2v) is 9.33. The minimum absolute atomic E-state index is 0.0182. The number of nitrogens with zero attached hydrogens (tertiary/aromatic N) is 5. The Morgan fingerprint density at radius 2 is 1.89 bits per heavy atom. The number of aromatic nitrogens is 2. The molecule has 2 fully saturated rings. The number of fused-ring (bicyclic) bond motifs is 1. The molecule has 1 unspecified atom stereocenters. The third-order valence-electron chi connectivity index (χ3n) is 5.40. The Labute approximate surface area is 164 Å². The highest BCUT2D eigenvalue weighted by molar-refractivity contribution is 7.85. The molecule has 1 atom stereocenters. The molecule has 9 heteroatoms. The van der Waals surface area contributed by atoms with Gasteiger partial charge in [0.2, 0.25) is 5.95 Å². The Morgan fingerprint density at radius 3 is 2.63 bits per heavy atom. The molecule has 4 heterocycles. The highest BCUT2D eigenvalue weighted by Crippen LogP contribution is 2.42. The van der Waals surface area contributed by atoms with Crippen molar-refractivity contribution in [2.45, 2.75) is 4.90 Å². The fourth-order valence-corrected chi connectivity index (χ4v) is 5.60. The molecular weight excluding hydrogens is 386 g/mol. The second-order valence-electron chi connectivity index (χ2n) is 7.36. The number of hydrogen-bond donors (Lipinski definition) is 0. The van der Waals surface area contributed by atoms with E-state index in [0.717, 1.165) is 32.1 Å². The lowest BCUT2D eigenvalue weighted by atomic mass is 9.73. The van der Waals surface area contributed by atoms with Gasteiger partial charge >= 0.3 is 6.03 Å². The molecule has 7 nitrogen and oxygen atoms in total. The standard InChI is InChI=1S/C18H18ClN5O2S/c19-13-2-3-14-15(8-13)27(26)7-6-24(14)17(25)23-11-18(12-23)9-22(10-18)16-20-4-1-5-21-16/h1-5,8H,6-7,9-12H2. The van der Waals surface area contributed by atoms with E-state index in [1.54, 1.807) is 41.6 Å². The van der Waals surface area contributed by atoms with Crippen LogP contribution in [-0.2, 0) is 10.8 Å². The zero-order valence-corrected chi connectivity index (χ0v) is 16.1. The average molecular weight is 404 g/mol. The van der Waals surface area contributed by atoms with Crippen LogP contribution in [0, 0.1) is 5.41 Å². The average Bonchev–Trinajstić information content (AvgIpc) is 2.61. The van der Waals surface area contributed by atoms with E-state index in [-0.39, 0.29) is 11.4 Å². The molecule has 2 saturated heterocycles. The summed E-state index contributed by atoms with van der Waals surface area (Å²) < 4.78 is 12.3. The van der Waals surface area contributed by atoms with Crippen molar-refractivity contribution in [1.29, 1.82) is 0 Å². The van der Waals surface area contributed by atoms with Crippen molar-refractivity contribution in [1.82, 2.24) is 14.9 Å². The summed E-state index contributed by atoms with van der Waals surface area (Å²) in [7, 11) is -1.11. The first-order valence-corrected chi connectivity index (χ1v) is 10.5. The number of urea groups is 1. The predicted octanol–water partition coefficient (Wildman–Crippen LogP) is 2.00. The SMILES string of the molecule is O=C(N1CC2(C1)CN(c1ncccn1)C2)N1CCS(=O)c2cc(Cl)ccc21. The van der Waals surface area contributed by atoms with E-state index in [4.69, 9.17) is 11.6 Å². The van der Waals surface area contributed by atoms with Crippen molar-refractivity contribution < 1.29 is 9.00 Å². The van der Waals surface area contributed by atoms with Gasteiger partial charge in [-0.15, -0.1) is 0 Å². The highest BCUT2D eigenvalue weighted by atomic mass is 35.5. The number of likely N-dealkylation sites (tertiary alicyclic amines) is 1. The minimum Gasteiger partial charge on any atom is -0.339 e. The number of carbonyl (C=O) groups excluding carboxylic acids is 1. The smallest absolute Gasteiger partial charge is 0.324 e. The molecule has 1 aromatic carbocycles. The summed E-state index contributed by atoms with van der Waals surface area (Å²) in [6.07, 6.45) is 3.49. The third-order valence-corrected chi connectivity index (χ3v) is 7.01. The van der Waals surface area contributed by atoms with Crippen LogP contribution in [0.1, 0.15) is 0 Å². The van der Waals surface area contributed by atoms with Crippen molar-refractivity contribution in [3.8, 4) is 0 Å². The van der Waals surface area contributed by atoms with E-state index in [1.165, 1.54) is 0 Å². The molecule has 0 bridgehead atoms. The summed E-state index contributed by atoms with van der Waals surface area (Å²) in [5, 5.41) is 0.539. The van der Waals surface area contributed by atoms with Crippen LogP contribution < -0.4 is 9.80 Å². The van der Waals surface area contributed by atoms with E-state index >= 15 is 0 Å². The maximum absolute atomic E-state index is 13.0. The molecule has 1 spiro atoms. The van der Waals surface area contributed by atoms with Crippen LogP contribution in [0.4, 0.5) is 16.4 Å². The Balaban J connectivity index is 1.26. The topological polar surface area (TPSA) is 69.6 Å². The Bertz CT molecular complexity index is 927. The Hall–Kier alpha value is -2.19. The molecule has 0 aliphatic carbocycles. The van der Waals surface area contributed by atoms with Crippen molar-refractivity contribution in [3.05, 3.63) is 41.7 Å². The molecule has 0 N–H and O–H groups in total. The summed E-state index contributed by atoms with van der Waals surface area (Å²) in [6, 6.07) is 7.02. The van der Waals surface area contributed by atoms with Crippen LogP contribution in [0.25, 0.3) is 0 Å². The van der Waals surface area contributed by atoms with E-state index in [9.17, 15) is 9.00 Å². The molecule has 2 aromatic rings. The van der Waals surface area contributed by atoms with Crippen LogP contribution >= 0.6 is 11.6 Å². The van der Waals surface area contributed by atoms with Gasteiger partial charge in [0.1, 0.15) is 0 Å². The van der Waals surface area contributed by atoms with Gasteiger partial charge in [-0.3, -0.25) is 9.11 Å². The van der Waals surface area contributed by atoms with Crippen LogP contribution in [-0.4, -0.2) is 63.6 Å². The van der Waals surface area contributed by atoms with Gasteiger partial charge < -0.3 is 9.80 Å². The van der Waals surface area contributed by atoms with Gasteiger partial charge in [0.15, 0.2) is 0 Å². The normalized spacial score (nSPS) is 22.9. The number of anilines is 2. The third kappa shape index (κ3) is 2.78. The van der Waals surface area contributed by atoms with Crippen molar-refractivity contribution >= 4 is 40.1 Å². The monoisotopic (exact) mass is 403 g/mol. The van der Waals surface area contributed by atoms with Gasteiger partial charge in [-0.2, -0.15) is 0 Å².